The quantitative estimate of drug-likeness (QED) is 0.474. The van der Waals surface area contributed by atoms with Gasteiger partial charge >= 0.3 is 5.97 Å². The fourth-order valence-electron chi connectivity index (χ4n) is 3.80. The number of hydrogen-bond donors (Lipinski definition) is 1. The van der Waals surface area contributed by atoms with Gasteiger partial charge in [0, 0.05) is 11.0 Å². The van der Waals surface area contributed by atoms with E-state index in [0.29, 0.717) is 5.57 Å². The highest BCUT2D eigenvalue weighted by molar-refractivity contribution is 5.88. The summed E-state index contributed by atoms with van der Waals surface area (Å²) in [4.78, 5) is 11.6. The second-order valence-corrected chi connectivity index (χ2v) is 6.26. The maximum absolute atomic E-state index is 11.6. The number of aliphatic hydroxyl groups excluding tert-OH is 1. The molecule has 0 spiro atoms. The zero-order valence-electron chi connectivity index (χ0n) is 11.9. The van der Waals surface area contributed by atoms with Crippen LogP contribution in [0.15, 0.2) is 24.3 Å². The van der Waals surface area contributed by atoms with Crippen LogP contribution in [0.3, 0.4) is 0 Å². The lowest BCUT2D eigenvalue weighted by Gasteiger charge is -2.51. The minimum Gasteiger partial charge on any atom is -0.466 e. The fourth-order valence-corrected chi connectivity index (χ4v) is 3.80. The van der Waals surface area contributed by atoms with Gasteiger partial charge in [-0.05, 0) is 43.9 Å². The van der Waals surface area contributed by atoms with Gasteiger partial charge in [0.1, 0.15) is 0 Å². The van der Waals surface area contributed by atoms with Crippen molar-refractivity contribution in [3.8, 4) is 0 Å². The maximum Gasteiger partial charge on any atom is 0.333 e. The molecule has 0 aliphatic heterocycles. The van der Waals surface area contributed by atoms with Crippen LogP contribution in [0.2, 0.25) is 0 Å². The molecule has 0 unspecified atom stereocenters. The molecule has 2 fully saturated rings. The van der Waals surface area contributed by atoms with Crippen LogP contribution in [0.5, 0.6) is 0 Å². The summed E-state index contributed by atoms with van der Waals surface area (Å²) < 4.78 is 4.76. The second kappa shape index (κ2) is 5.12. The first-order chi connectivity index (χ1) is 8.90. The Labute approximate surface area is 115 Å². The van der Waals surface area contributed by atoms with Crippen molar-refractivity contribution in [2.45, 2.75) is 45.1 Å². The van der Waals surface area contributed by atoms with E-state index in [1.807, 2.05) is 0 Å². The molecule has 2 aliphatic carbocycles. The third-order valence-electron chi connectivity index (χ3n) is 5.28. The molecule has 19 heavy (non-hydrogen) atoms. The zero-order chi connectivity index (χ0) is 14.2. The van der Waals surface area contributed by atoms with Crippen LogP contribution >= 0.6 is 0 Å². The number of esters is 1. The molecular weight excluding hydrogens is 240 g/mol. The SMILES string of the molecule is C=C(C(=O)OC)[C@@H]1CC[C@@]2(C)[C@@H](O)CCC(=C)[C@@H]2C1. The van der Waals surface area contributed by atoms with Crippen LogP contribution in [0, 0.1) is 17.3 Å². The fraction of sp³-hybridized carbons (Fsp3) is 0.688. The molecular formula is C16H24O3. The van der Waals surface area contributed by atoms with Gasteiger partial charge in [-0.3, -0.25) is 0 Å². The number of fused-ring (bicyclic) bond motifs is 1. The molecule has 0 aromatic rings. The summed E-state index contributed by atoms with van der Waals surface area (Å²) in [5.74, 6) is 0.138. The Balaban J connectivity index is 2.16. The number of methoxy groups -OCH3 is 1. The standard InChI is InChI=1S/C16H24O3/c1-10-5-6-14(17)16(3)8-7-12(9-13(10)16)11(2)15(18)19-4/h12-14,17H,1-2,5-9H2,3-4H3/t12-,13+,14+,16-/m1/s1. The second-order valence-electron chi connectivity index (χ2n) is 6.26. The van der Waals surface area contributed by atoms with E-state index in [4.69, 9.17) is 4.74 Å². The number of rotatable bonds is 2. The average Bonchev–Trinajstić information content (AvgIpc) is 2.41. The van der Waals surface area contributed by atoms with E-state index < -0.39 is 0 Å². The van der Waals surface area contributed by atoms with E-state index in [2.05, 4.69) is 20.1 Å². The van der Waals surface area contributed by atoms with Gasteiger partial charge < -0.3 is 9.84 Å². The predicted molar refractivity (Wildman–Crippen MR) is 74.5 cm³/mol. The Morgan fingerprint density at radius 1 is 1.47 bits per heavy atom. The first-order valence-electron chi connectivity index (χ1n) is 7.03. The van der Waals surface area contributed by atoms with Crippen LogP contribution < -0.4 is 0 Å². The molecule has 2 saturated carbocycles. The van der Waals surface area contributed by atoms with Crippen LogP contribution in [0.4, 0.5) is 0 Å². The molecule has 4 atom stereocenters. The van der Waals surface area contributed by atoms with Gasteiger partial charge in [-0.15, -0.1) is 0 Å². The highest BCUT2D eigenvalue weighted by Gasteiger charge is 2.48. The lowest BCUT2D eigenvalue weighted by molar-refractivity contribution is -0.137. The molecule has 1 N–H and O–H groups in total. The van der Waals surface area contributed by atoms with Gasteiger partial charge in [0.2, 0.25) is 0 Å². The lowest BCUT2D eigenvalue weighted by Crippen LogP contribution is -2.47. The van der Waals surface area contributed by atoms with E-state index in [0.717, 1.165) is 32.1 Å². The Bertz CT molecular complexity index is 412. The number of ether oxygens (including phenoxy) is 1. The monoisotopic (exact) mass is 264 g/mol. The van der Waals surface area contributed by atoms with E-state index in [1.165, 1.54) is 12.7 Å². The first kappa shape index (κ1) is 14.3. The van der Waals surface area contributed by atoms with Crippen LogP contribution in [-0.4, -0.2) is 24.3 Å². The summed E-state index contributed by atoms with van der Waals surface area (Å²) in [5.41, 5.74) is 1.70. The first-order valence-corrected chi connectivity index (χ1v) is 7.03. The van der Waals surface area contributed by atoms with Crippen molar-refractivity contribution in [1.29, 1.82) is 0 Å². The van der Waals surface area contributed by atoms with Gasteiger partial charge in [0.15, 0.2) is 0 Å². The minimum absolute atomic E-state index is 0.0811. The lowest BCUT2D eigenvalue weighted by atomic mass is 9.55. The van der Waals surface area contributed by atoms with Crippen molar-refractivity contribution in [1.82, 2.24) is 0 Å². The maximum atomic E-state index is 11.6. The molecule has 0 heterocycles. The van der Waals surface area contributed by atoms with Crippen molar-refractivity contribution < 1.29 is 14.6 Å². The smallest absolute Gasteiger partial charge is 0.333 e. The number of allylic oxidation sites excluding steroid dienone is 1. The third kappa shape index (κ3) is 2.36. The van der Waals surface area contributed by atoms with E-state index >= 15 is 0 Å². The number of carbonyl (C=O) groups excluding carboxylic acids is 1. The molecule has 0 bridgehead atoms. The van der Waals surface area contributed by atoms with Crippen molar-refractivity contribution in [3.63, 3.8) is 0 Å². The molecule has 2 rings (SSSR count). The summed E-state index contributed by atoms with van der Waals surface area (Å²) in [6.07, 6.45) is 4.12. The normalized spacial score (nSPS) is 38.5. The Morgan fingerprint density at radius 2 is 2.16 bits per heavy atom. The molecule has 2 aliphatic rings. The highest BCUT2D eigenvalue weighted by atomic mass is 16.5. The molecule has 3 nitrogen and oxygen atoms in total. The molecule has 0 saturated heterocycles. The van der Waals surface area contributed by atoms with Crippen molar-refractivity contribution in [2.24, 2.45) is 17.3 Å². The zero-order valence-corrected chi connectivity index (χ0v) is 11.9. The van der Waals surface area contributed by atoms with Gasteiger partial charge in [0.25, 0.3) is 0 Å². The molecule has 106 valence electrons. The molecule has 0 amide bonds. The molecule has 0 aromatic carbocycles. The third-order valence-corrected chi connectivity index (χ3v) is 5.28. The summed E-state index contributed by atoms with van der Waals surface area (Å²) >= 11 is 0. The molecule has 0 radical (unpaired) electrons. The average molecular weight is 264 g/mol. The van der Waals surface area contributed by atoms with Crippen LogP contribution in [-0.2, 0) is 9.53 Å². The van der Waals surface area contributed by atoms with Gasteiger partial charge in [0.05, 0.1) is 13.2 Å². The molecule has 3 heteroatoms. The molecule has 0 aromatic heterocycles. The Kier molecular flexibility index (Phi) is 3.86. The Morgan fingerprint density at radius 3 is 2.79 bits per heavy atom. The summed E-state index contributed by atoms with van der Waals surface area (Å²) in [6, 6.07) is 0. The van der Waals surface area contributed by atoms with Gasteiger partial charge in [-0.1, -0.05) is 25.7 Å². The van der Waals surface area contributed by atoms with Crippen LogP contribution in [0.1, 0.15) is 39.0 Å². The van der Waals surface area contributed by atoms with Gasteiger partial charge in [-0.25, -0.2) is 4.79 Å². The van der Waals surface area contributed by atoms with E-state index in [1.54, 1.807) is 0 Å². The number of carbonyl (C=O) groups is 1. The summed E-state index contributed by atoms with van der Waals surface area (Å²) in [6.45, 7) is 10.2. The predicted octanol–water partition coefficient (Wildman–Crippen LogP) is 2.85. The number of hydrogen-bond acceptors (Lipinski definition) is 3. The van der Waals surface area contributed by atoms with Crippen molar-refractivity contribution in [3.05, 3.63) is 24.3 Å². The van der Waals surface area contributed by atoms with Crippen molar-refractivity contribution in [2.75, 3.05) is 7.11 Å². The topological polar surface area (TPSA) is 46.5 Å². The van der Waals surface area contributed by atoms with E-state index in [9.17, 15) is 9.90 Å². The Hall–Kier alpha value is -1.09. The minimum atomic E-state index is -0.310. The summed E-state index contributed by atoms with van der Waals surface area (Å²) in [5, 5.41) is 10.3. The van der Waals surface area contributed by atoms with Gasteiger partial charge in [-0.2, -0.15) is 0 Å². The number of aliphatic hydroxyl groups is 1. The largest absolute Gasteiger partial charge is 0.466 e. The van der Waals surface area contributed by atoms with E-state index in [-0.39, 0.29) is 29.3 Å². The highest BCUT2D eigenvalue weighted by Crippen LogP contribution is 2.54. The summed E-state index contributed by atoms with van der Waals surface area (Å²) in [7, 11) is 1.39. The van der Waals surface area contributed by atoms with Crippen molar-refractivity contribution >= 4 is 5.97 Å². The van der Waals surface area contributed by atoms with Crippen LogP contribution in [0.25, 0.3) is 0 Å².